The Labute approximate surface area is 169 Å². The van der Waals surface area contributed by atoms with E-state index in [9.17, 15) is 18.0 Å². The molecule has 0 bridgehead atoms. The molecule has 0 radical (unpaired) electrons. The van der Waals surface area contributed by atoms with Gasteiger partial charge in [-0.15, -0.1) is 0 Å². The van der Waals surface area contributed by atoms with Crippen molar-refractivity contribution in [1.29, 1.82) is 0 Å². The molecule has 0 saturated carbocycles. The molecule has 2 aromatic carbocycles. The number of fused-ring (bicyclic) bond motifs is 1. The molecule has 2 aromatic heterocycles. The number of sulfonamides is 1. The van der Waals surface area contributed by atoms with Gasteiger partial charge in [0.15, 0.2) is 5.58 Å². The number of nitrogens with one attached hydrogen (secondary N) is 2. The smallest absolute Gasteiger partial charge is 0.417 e. The number of hydrogen-bond donors (Lipinski definition) is 3. The maximum Gasteiger partial charge on any atom is 0.417 e. The van der Waals surface area contributed by atoms with Crippen molar-refractivity contribution < 1.29 is 22.4 Å². The summed E-state index contributed by atoms with van der Waals surface area (Å²) in [6.45, 7) is 0. The van der Waals surface area contributed by atoms with Gasteiger partial charge in [0.05, 0.1) is 22.3 Å². The van der Waals surface area contributed by atoms with Crippen LogP contribution in [-0.2, 0) is 10.0 Å². The van der Waals surface area contributed by atoms with Crippen molar-refractivity contribution in [3.8, 4) is 11.6 Å². The van der Waals surface area contributed by atoms with E-state index < -0.39 is 21.7 Å². The average Bonchev–Trinajstić information content (AvgIpc) is 3.08. The van der Waals surface area contributed by atoms with Crippen LogP contribution in [0.5, 0.6) is 11.6 Å². The zero-order valence-electron chi connectivity index (χ0n) is 15.2. The van der Waals surface area contributed by atoms with E-state index in [1.807, 2.05) is 0 Å². The van der Waals surface area contributed by atoms with E-state index in [0.29, 0.717) is 11.3 Å². The molecule has 0 aliphatic rings. The largest absolute Gasteiger partial charge is 0.439 e. The third-order valence-corrected chi connectivity index (χ3v) is 5.41. The van der Waals surface area contributed by atoms with Gasteiger partial charge in [0.2, 0.25) is 11.8 Å². The highest BCUT2D eigenvalue weighted by atomic mass is 32.2. The SMILES string of the molecule is NC(=O)c1cccc(Oc2ccc(NS(=O)(=O)c3ccc4[nH]c(=O)oc4c3)cn2)c1. The van der Waals surface area contributed by atoms with Gasteiger partial charge in [0.1, 0.15) is 5.75 Å². The molecule has 1 amide bonds. The minimum absolute atomic E-state index is 0.0821. The molecule has 2 heterocycles. The topological polar surface area (TPSA) is 157 Å². The number of aromatic nitrogens is 2. The van der Waals surface area contributed by atoms with E-state index in [0.717, 1.165) is 0 Å². The quantitative estimate of drug-likeness (QED) is 0.426. The van der Waals surface area contributed by atoms with E-state index in [2.05, 4.69) is 14.7 Å². The van der Waals surface area contributed by atoms with Gasteiger partial charge in [0.25, 0.3) is 10.0 Å². The number of benzene rings is 2. The number of oxazole rings is 1. The van der Waals surface area contributed by atoms with Crippen molar-refractivity contribution in [2.45, 2.75) is 4.90 Å². The number of ether oxygens (including phenoxy) is 1. The molecule has 11 heteroatoms. The number of nitrogens with two attached hydrogens (primary N) is 1. The molecule has 0 fully saturated rings. The second kappa shape index (κ2) is 7.37. The van der Waals surface area contributed by atoms with Crippen LogP contribution in [0.1, 0.15) is 10.4 Å². The number of nitrogens with zero attached hydrogens (tertiary/aromatic N) is 1. The highest BCUT2D eigenvalue weighted by Gasteiger charge is 2.16. The fourth-order valence-electron chi connectivity index (χ4n) is 2.64. The van der Waals surface area contributed by atoms with Crippen molar-refractivity contribution in [2.75, 3.05) is 4.72 Å². The first kappa shape index (κ1) is 19.2. The van der Waals surface area contributed by atoms with Crippen molar-refractivity contribution >= 4 is 32.7 Å². The summed E-state index contributed by atoms with van der Waals surface area (Å²) in [5.74, 6) is -0.715. The zero-order valence-corrected chi connectivity index (χ0v) is 16.0. The molecule has 4 aromatic rings. The minimum Gasteiger partial charge on any atom is -0.439 e. The Morgan fingerprint density at radius 2 is 1.97 bits per heavy atom. The first-order valence-electron chi connectivity index (χ1n) is 8.50. The fourth-order valence-corrected chi connectivity index (χ4v) is 3.70. The van der Waals surface area contributed by atoms with Crippen LogP contribution in [0, 0.1) is 0 Å². The second-order valence-corrected chi connectivity index (χ2v) is 7.84. The van der Waals surface area contributed by atoms with Gasteiger partial charge in [-0.1, -0.05) is 6.07 Å². The molecule has 4 N–H and O–H groups in total. The summed E-state index contributed by atoms with van der Waals surface area (Å²) in [5.41, 5.74) is 6.24. The number of pyridine rings is 1. The standard InChI is InChI=1S/C19H14N4O6S/c20-18(24)11-2-1-3-13(8-11)28-17-7-4-12(10-21-17)23-30(26,27)14-5-6-15-16(9-14)29-19(25)22-15/h1-10,23H,(H2,20,24)(H,22,25). The first-order valence-corrected chi connectivity index (χ1v) is 9.98. The number of anilines is 1. The molecule has 0 spiro atoms. The number of amides is 1. The maximum atomic E-state index is 12.6. The van der Waals surface area contributed by atoms with Crippen LogP contribution in [0.4, 0.5) is 5.69 Å². The number of hydrogen-bond acceptors (Lipinski definition) is 7. The number of rotatable bonds is 6. The van der Waals surface area contributed by atoms with E-state index in [-0.39, 0.29) is 27.6 Å². The number of carbonyl (C=O) groups is 1. The Morgan fingerprint density at radius 3 is 2.70 bits per heavy atom. The van der Waals surface area contributed by atoms with Crippen LogP contribution in [-0.4, -0.2) is 24.3 Å². The fraction of sp³-hybridized carbons (Fsp3) is 0. The lowest BCUT2D eigenvalue weighted by Gasteiger charge is -2.09. The molecule has 0 aliphatic carbocycles. The van der Waals surface area contributed by atoms with Gasteiger partial charge in [-0.3, -0.25) is 14.5 Å². The highest BCUT2D eigenvalue weighted by Crippen LogP contribution is 2.23. The van der Waals surface area contributed by atoms with Crippen LogP contribution in [0.3, 0.4) is 0 Å². The van der Waals surface area contributed by atoms with Crippen molar-refractivity contribution in [2.24, 2.45) is 5.73 Å². The predicted octanol–water partition coefficient (Wildman–Crippen LogP) is 2.21. The third-order valence-electron chi connectivity index (χ3n) is 4.03. The zero-order chi connectivity index (χ0) is 21.3. The Bertz CT molecular complexity index is 1410. The normalized spacial score (nSPS) is 11.3. The van der Waals surface area contributed by atoms with E-state index in [4.69, 9.17) is 14.9 Å². The van der Waals surface area contributed by atoms with Crippen LogP contribution in [0.2, 0.25) is 0 Å². The molecule has 0 saturated heterocycles. The van der Waals surface area contributed by atoms with E-state index in [1.54, 1.807) is 18.2 Å². The molecule has 10 nitrogen and oxygen atoms in total. The highest BCUT2D eigenvalue weighted by molar-refractivity contribution is 7.92. The van der Waals surface area contributed by atoms with Gasteiger partial charge in [-0.2, -0.15) is 0 Å². The minimum atomic E-state index is -3.94. The van der Waals surface area contributed by atoms with E-state index >= 15 is 0 Å². The lowest BCUT2D eigenvalue weighted by Crippen LogP contribution is -2.13. The van der Waals surface area contributed by atoms with Gasteiger partial charge < -0.3 is 14.9 Å². The van der Waals surface area contributed by atoms with Crippen molar-refractivity contribution in [3.05, 3.63) is 76.9 Å². The van der Waals surface area contributed by atoms with Crippen LogP contribution in [0.25, 0.3) is 11.1 Å². The molecular weight excluding hydrogens is 412 g/mol. The summed E-state index contributed by atoms with van der Waals surface area (Å²) in [6.07, 6.45) is 1.28. The molecule has 152 valence electrons. The lowest BCUT2D eigenvalue weighted by molar-refractivity contribution is 0.1000. The molecular formula is C19H14N4O6S. The summed E-state index contributed by atoms with van der Waals surface area (Å²) < 4.78 is 38.0. The first-order chi connectivity index (χ1) is 14.3. The second-order valence-electron chi connectivity index (χ2n) is 6.16. The predicted molar refractivity (Wildman–Crippen MR) is 107 cm³/mol. The molecule has 0 unspecified atom stereocenters. The summed E-state index contributed by atoms with van der Waals surface area (Å²) in [7, 11) is -3.94. The maximum absolute atomic E-state index is 12.6. The summed E-state index contributed by atoms with van der Waals surface area (Å²) >= 11 is 0. The lowest BCUT2D eigenvalue weighted by atomic mass is 10.2. The summed E-state index contributed by atoms with van der Waals surface area (Å²) in [5, 5.41) is 0. The van der Waals surface area contributed by atoms with Crippen LogP contribution >= 0.6 is 0 Å². The van der Waals surface area contributed by atoms with Crippen LogP contribution < -0.4 is 20.9 Å². The van der Waals surface area contributed by atoms with E-state index in [1.165, 1.54) is 42.6 Å². The third kappa shape index (κ3) is 4.00. The molecule has 0 atom stereocenters. The Hall–Kier alpha value is -4.12. The van der Waals surface area contributed by atoms with Gasteiger partial charge >= 0.3 is 5.76 Å². The van der Waals surface area contributed by atoms with Crippen molar-refractivity contribution in [1.82, 2.24) is 9.97 Å². The summed E-state index contributed by atoms with van der Waals surface area (Å²) in [6, 6.07) is 13.2. The molecule has 0 aliphatic heterocycles. The van der Waals surface area contributed by atoms with Crippen LogP contribution in [0.15, 0.2) is 74.9 Å². The molecule has 30 heavy (non-hydrogen) atoms. The van der Waals surface area contributed by atoms with Gasteiger partial charge in [-0.25, -0.2) is 18.2 Å². The Balaban J connectivity index is 1.51. The number of H-pyrrole nitrogens is 1. The number of primary amides is 1. The van der Waals surface area contributed by atoms with Gasteiger partial charge in [0, 0.05) is 17.7 Å². The monoisotopic (exact) mass is 426 g/mol. The molecule has 4 rings (SSSR count). The van der Waals surface area contributed by atoms with Gasteiger partial charge in [-0.05, 0) is 36.4 Å². The Kier molecular flexibility index (Phi) is 4.72. The Morgan fingerprint density at radius 1 is 1.13 bits per heavy atom. The number of aromatic amines is 1. The number of carbonyl (C=O) groups excluding carboxylic acids is 1. The average molecular weight is 426 g/mol. The summed E-state index contributed by atoms with van der Waals surface area (Å²) in [4.78, 5) is 28.9. The van der Waals surface area contributed by atoms with Crippen molar-refractivity contribution in [3.63, 3.8) is 0 Å².